The zero-order valence-electron chi connectivity index (χ0n) is 13.0. The molecule has 0 saturated carbocycles. The lowest BCUT2D eigenvalue weighted by atomic mass is 10.1. The van der Waals surface area contributed by atoms with E-state index in [9.17, 15) is 9.59 Å². The lowest BCUT2D eigenvalue weighted by Gasteiger charge is -2.05. The number of ketones is 1. The van der Waals surface area contributed by atoms with Crippen molar-refractivity contribution in [2.75, 3.05) is 5.32 Å². The first-order valence-electron chi connectivity index (χ1n) is 7.47. The van der Waals surface area contributed by atoms with E-state index in [1.54, 1.807) is 35.6 Å². The summed E-state index contributed by atoms with van der Waals surface area (Å²) in [6.45, 7) is 1.95. The minimum absolute atomic E-state index is 0.0737. The maximum absolute atomic E-state index is 12.1. The van der Waals surface area contributed by atoms with Gasteiger partial charge in [0.1, 0.15) is 0 Å². The van der Waals surface area contributed by atoms with Gasteiger partial charge < -0.3 is 5.32 Å². The monoisotopic (exact) mass is 358 g/mol. The Labute approximate surface area is 148 Å². The first-order chi connectivity index (χ1) is 11.5. The van der Waals surface area contributed by atoms with E-state index in [1.807, 2.05) is 25.1 Å². The fraction of sp³-hybridized carbons (Fsp3) is 0.167. The SMILES string of the molecule is Cc1nc2ccc(NC(=O)CCC(=O)c3ccc(Cl)cc3)cc2s1. The first kappa shape index (κ1) is 16.6. The van der Waals surface area contributed by atoms with E-state index in [0.717, 1.165) is 20.9 Å². The Hall–Kier alpha value is -2.24. The molecule has 0 radical (unpaired) electrons. The molecule has 3 rings (SSSR count). The van der Waals surface area contributed by atoms with Crippen LogP contribution in [0.5, 0.6) is 0 Å². The Morgan fingerprint density at radius 1 is 1.12 bits per heavy atom. The Morgan fingerprint density at radius 2 is 1.88 bits per heavy atom. The quantitative estimate of drug-likeness (QED) is 0.662. The number of rotatable bonds is 5. The van der Waals surface area contributed by atoms with Crippen LogP contribution >= 0.6 is 22.9 Å². The highest BCUT2D eigenvalue weighted by atomic mass is 35.5. The first-order valence-corrected chi connectivity index (χ1v) is 8.66. The minimum atomic E-state index is -0.182. The number of thiazole rings is 1. The normalized spacial score (nSPS) is 10.8. The Bertz CT molecular complexity index is 903. The average Bonchev–Trinajstić information content (AvgIpc) is 2.92. The van der Waals surface area contributed by atoms with Crippen molar-refractivity contribution in [3.05, 3.63) is 58.1 Å². The third kappa shape index (κ3) is 3.99. The summed E-state index contributed by atoms with van der Waals surface area (Å²) in [6, 6.07) is 12.3. The van der Waals surface area contributed by atoms with Crippen LogP contribution in [0.3, 0.4) is 0 Å². The van der Waals surface area contributed by atoms with E-state index < -0.39 is 0 Å². The van der Waals surface area contributed by atoms with Crippen LogP contribution in [0.25, 0.3) is 10.2 Å². The molecule has 1 amide bonds. The van der Waals surface area contributed by atoms with Gasteiger partial charge in [-0.15, -0.1) is 11.3 Å². The smallest absolute Gasteiger partial charge is 0.224 e. The predicted molar refractivity (Wildman–Crippen MR) is 98.0 cm³/mol. The second kappa shape index (κ2) is 7.11. The number of hydrogen-bond donors (Lipinski definition) is 1. The second-order valence-corrected chi connectivity index (χ2v) is 7.06. The van der Waals surface area contributed by atoms with Crippen molar-refractivity contribution in [2.24, 2.45) is 0 Å². The van der Waals surface area contributed by atoms with Crippen molar-refractivity contribution in [1.82, 2.24) is 4.98 Å². The van der Waals surface area contributed by atoms with Crippen LogP contribution in [0.15, 0.2) is 42.5 Å². The number of carbonyl (C=O) groups excluding carboxylic acids is 2. The van der Waals surface area contributed by atoms with Crippen LogP contribution in [0.4, 0.5) is 5.69 Å². The van der Waals surface area contributed by atoms with E-state index in [-0.39, 0.29) is 24.5 Å². The lowest BCUT2D eigenvalue weighted by Crippen LogP contribution is -2.13. The fourth-order valence-electron chi connectivity index (χ4n) is 2.35. The number of aromatic nitrogens is 1. The molecule has 0 spiro atoms. The summed E-state index contributed by atoms with van der Waals surface area (Å²) in [7, 11) is 0. The molecule has 0 atom stereocenters. The van der Waals surface area contributed by atoms with Crippen molar-refractivity contribution in [3.63, 3.8) is 0 Å². The van der Waals surface area contributed by atoms with Crippen molar-refractivity contribution in [3.8, 4) is 0 Å². The zero-order valence-corrected chi connectivity index (χ0v) is 14.6. The molecule has 24 heavy (non-hydrogen) atoms. The van der Waals surface area contributed by atoms with Crippen LogP contribution < -0.4 is 5.32 Å². The van der Waals surface area contributed by atoms with Gasteiger partial charge in [0, 0.05) is 29.1 Å². The topological polar surface area (TPSA) is 59.1 Å². The predicted octanol–water partition coefficient (Wildman–Crippen LogP) is 4.86. The molecule has 0 unspecified atom stereocenters. The number of nitrogens with one attached hydrogen (secondary N) is 1. The molecule has 0 fully saturated rings. The van der Waals surface area contributed by atoms with E-state index in [4.69, 9.17) is 11.6 Å². The van der Waals surface area contributed by atoms with Crippen LogP contribution in [-0.2, 0) is 4.79 Å². The van der Waals surface area contributed by atoms with Crippen molar-refractivity contribution >= 4 is 50.5 Å². The molecule has 0 aliphatic heterocycles. The highest BCUT2D eigenvalue weighted by Gasteiger charge is 2.10. The molecule has 1 heterocycles. The summed E-state index contributed by atoms with van der Waals surface area (Å²) in [4.78, 5) is 28.5. The molecule has 1 N–H and O–H groups in total. The van der Waals surface area contributed by atoms with E-state index in [2.05, 4.69) is 10.3 Å². The van der Waals surface area contributed by atoms with Gasteiger partial charge in [-0.25, -0.2) is 4.98 Å². The van der Waals surface area contributed by atoms with E-state index in [0.29, 0.717) is 10.6 Å². The van der Waals surface area contributed by atoms with Gasteiger partial charge in [-0.1, -0.05) is 11.6 Å². The fourth-order valence-corrected chi connectivity index (χ4v) is 3.34. The van der Waals surface area contributed by atoms with Gasteiger partial charge in [-0.3, -0.25) is 9.59 Å². The van der Waals surface area contributed by atoms with Crippen molar-refractivity contribution in [1.29, 1.82) is 0 Å². The summed E-state index contributed by atoms with van der Waals surface area (Å²) in [5.41, 5.74) is 2.21. The highest BCUT2D eigenvalue weighted by Crippen LogP contribution is 2.24. The summed E-state index contributed by atoms with van der Waals surface area (Å²) in [6.07, 6.45) is 0.302. The summed E-state index contributed by atoms with van der Waals surface area (Å²) in [5.74, 6) is -0.256. The summed E-state index contributed by atoms with van der Waals surface area (Å²) >= 11 is 7.38. The zero-order chi connectivity index (χ0) is 17.1. The van der Waals surface area contributed by atoms with Gasteiger partial charge in [0.2, 0.25) is 5.91 Å². The third-order valence-corrected chi connectivity index (χ3v) is 4.71. The van der Waals surface area contributed by atoms with Crippen LogP contribution in [0.2, 0.25) is 5.02 Å². The number of anilines is 1. The highest BCUT2D eigenvalue weighted by molar-refractivity contribution is 7.18. The van der Waals surface area contributed by atoms with Gasteiger partial charge in [-0.05, 0) is 49.4 Å². The maximum atomic E-state index is 12.1. The second-order valence-electron chi connectivity index (χ2n) is 5.39. The Kier molecular flexibility index (Phi) is 4.92. The van der Waals surface area contributed by atoms with Crippen LogP contribution in [0.1, 0.15) is 28.2 Å². The number of Topliss-reactive ketones (excluding diaryl/α,β-unsaturated/α-hetero) is 1. The molecule has 4 nitrogen and oxygen atoms in total. The molecule has 0 aliphatic carbocycles. The third-order valence-electron chi connectivity index (χ3n) is 3.52. The number of carbonyl (C=O) groups is 2. The van der Waals surface area contributed by atoms with Crippen molar-refractivity contribution < 1.29 is 9.59 Å². The number of fused-ring (bicyclic) bond motifs is 1. The Balaban J connectivity index is 1.58. The molecule has 0 bridgehead atoms. The molecule has 0 aliphatic rings. The number of aryl methyl sites for hydroxylation is 1. The number of halogens is 1. The van der Waals surface area contributed by atoms with E-state index >= 15 is 0 Å². The summed E-state index contributed by atoms with van der Waals surface area (Å²) in [5, 5.41) is 4.40. The number of amides is 1. The maximum Gasteiger partial charge on any atom is 0.224 e. The van der Waals surface area contributed by atoms with E-state index in [1.165, 1.54) is 0 Å². The molecule has 122 valence electrons. The molecule has 1 aromatic heterocycles. The standard InChI is InChI=1S/C18H15ClN2O2S/c1-11-20-15-7-6-14(10-17(15)24-11)21-18(23)9-8-16(22)12-2-4-13(19)5-3-12/h2-7,10H,8-9H2,1H3,(H,21,23). The van der Waals surface area contributed by atoms with Gasteiger partial charge >= 0.3 is 0 Å². The van der Waals surface area contributed by atoms with Crippen molar-refractivity contribution in [2.45, 2.75) is 19.8 Å². The molecular formula is C18H15ClN2O2S. The largest absolute Gasteiger partial charge is 0.326 e. The Morgan fingerprint density at radius 3 is 2.62 bits per heavy atom. The molecule has 3 aromatic rings. The molecule has 2 aromatic carbocycles. The number of hydrogen-bond acceptors (Lipinski definition) is 4. The summed E-state index contributed by atoms with van der Waals surface area (Å²) < 4.78 is 1.03. The van der Waals surface area contributed by atoms with Crippen LogP contribution in [-0.4, -0.2) is 16.7 Å². The average molecular weight is 359 g/mol. The molecular weight excluding hydrogens is 344 g/mol. The van der Waals surface area contributed by atoms with Gasteiger partial charge in [0.15, 0.2) is 5.78 Å². The van der Waals surface area contributed by atoms with Crippen LogP contribution in [0, 0.1) is 6.92 Å². The van der Waals surface area contributed by atoms with Gasteiger partial charge in [-0.2, -0.15) is 0 Å². The lowest BCUT2D eigenvalue weighted by molar-refractivity contribution is -0.116. The number of benzene rings is 2. The molecule has 0 saturated heterocycles. The minimum Gasteiger partial charge on any atom is -0.326 e. The van der Waals surface area contributed by atoms with Gasteiger partial charge in [0.25, 0.3) is 0 Å². The number of nitrogens with zero attached hydrogens (tertiary/aromatic N) is 1. The van der Waals surface area contributed by atoms with Gasteiger partial charge in [0.05, 0.1) is 15.2 Å². The molecule has 6 heteroatoms.